The number of nitrogens with zero attached hydrogens (tertiary/aromatic N) is 2. The minimum absolute atomic E-state index is 0.0581. The third-order valence-electron chi connectivity index (χ3n) is 3.50. The van der Waals surface area contributed by atoms with Crippen LogP contribution in [0.3, 0.4) is 0 Å². The maximum Gasteiger partial charge on any atom is 0.221 e. The van der Waals surface area contributed by atoms with Gasteiger partial charge in [0.1, 0.15) is 0 Å². The first kappa shape index (κ1) is 18.9. The highest BCUT2D eigenvalue weighted by molar-refractivity contribution is 7.11. The molecule has 1 aromatic carbocycles. The zero-order valence-electron chi connectivity index (χ0n) is 14.9. The zero-order valence-corrected chi connectivity index (χ0v) is 15.7. The van der Waals surface area contributed by atoms with Crippen molar-refractivity contribution in [3.8, 4) is 0 Å². The Balaban J connectivity index is 1.69. The standard InChI is InChI=1S/C18H25N5OS/c1-13-12-22-17(25-13)9-11-21-18(19-3)20-10-8-15-4-6-16(7-5-15)23-14(2)24/h4-7,12H,8-11H2,1-3H3,(H,23,24)(H2,19,20,21). The van der Waals surface area contributed by atoms with E-state index in [4.69, 9.17) is 0 Å². The second-order valence-electron chi connectivity index (χ2n) is 5.67. The predicted octanol–water partition coefficient (Wildman–Crippen LogP) is 2.36. The highest BCUT2D eigenvalue weighted by Crippen LogP contribution is 2.11. The lowest BCUT2D eigenvalue weighted by atomic mass is 10.1. The molecule has 0 fully saturated rings. The molecule has 0 aliphatic carbocycles. The number of aromatic nitrogens is 1. The van der Waals surface area contributed by atoms with Crippen LogP contribution in [0.2, 0.25) is 0 Å². The van der Waals surface area contributed by atoms with Crippen molar-refractivity contribution in [2.24, 2.45) is 4.99 Å². The van der Waals surface area contributed by atoms with Gasteiger partial charge >= 0.3 is 0 Å². The van der Waals surface area contributed by atoms with Gasteiger partial charge in [-0.3, -0.25) is 9.79 Å². The summed E-state index contributed by atoms with van der Waals surface area (Å²) in [5.74, 6) is 0.736. The Bertz CT molecular complexity index is 709. The summed E-state index contributed by atoms with van der Waals surface area (Å²) in [5.41, 5.74) is 2.02. The van der Waals surface area contributed by atoms with Gasteiger partial charge in [0.2, 0.25) is 5.91 Å². The Labute approximate surface area is 152 Å². The Morgan fingerprint density at radius 3 is 2.40 bits per heavy atom. The van der Waals surface area contributed by atoms with Crippen molar-refractivity contribution in [2.45, 2.75) is 26.7 Å². The monoisotopic (exact) mass is 359 g/mol. The van der Waals surface area contributed by atoms with E-state index in [1.165, 1.54) is 17.4 Å². The molecule has 1 heterocycles. The number of hydrogen-bond acceptors (Lipinski definition) is 4. The highest BCUT2D eigenvalue weighted by atomic mass is 32.1. The van der Waals surface area contributed by atoms with Crippen LogP contribution in [0.4, 0.5) is 5.69 Å². The molecule has 6 nitrogen and oxygen atoms in total. The first-order chi connectivity index (χ1) is 12.1. The van der Waals surface area contributed by atoms with Gasteiger partial charge in [-0.2, -0.15) is 0 Å². The Kier molecular flexibility index (Phi) is 7.40. The molecule has 0 saturated heterocycles. The number of thiazole rings is 1. The zero-order chi connectivity index (χ0) is 18.1. The summed E-state index contributed by atoms with van der Waals surface area (Å²) in [6.07, 6.45) is 3.68. The van der Waals surface area contributed by atoms with Gasteiger partial charge < -0.3 is 16.0 Å². The summed E-state index contributed by atoms with van der Waals surface area (Å²) < 4.78 is 0. The van der Waals surface area contributed by atoms with Crippen LogP contribution < -0.4 is 16.0 Å². The number of hydrogen-bond donors (Lipinski definition) is 3. The normalized spacial score (nSPS) is 11.2. The van der Waals surface area contributed by atoms with E-state index in [0.717, 1.165) is 42.6 Å². The van der Waals surface area contributed by atoms with Crippen LogP contribution in [-0.2, 0) is 17.6 Å². The van der Waals surface area contributed by atoms with Crippen LogP contribution in [0.1, 0.15) is 22.4 Å². The van der Waals surface area contributed by atoms with E-state index >= 15 is 0 Å². The van der Waals surface area contributed by atoms with Crippen molar-refractivity contribution in [3.63, 3.8) is 0 Å². The van der Waals surface area contributed by atoms with Crippen molar-refractivity contribution in [1.82, 2.24) is 15.6 Å². The summed E-state index contributed by atoms with van der Waals surface area (Å²) in [5, 5.41) is 10.5. The predicted molar refractivity (Wildman–Crippen MR) is 104 cm³/mol. The maximum absolute atomic E-state index is 11.0. The van der Waals surface area contributed by atoms with E-state index in [0.29, 0.717) is 0 Å². The second kappa shape index (κ2) is 9.78. The fourth-order valence-corrected chi connectivity index (χ4v) is 3.10. The van der Waals surface area contributed by atoms with E-state index in [2.05, 4.69) is 32.9 Å². The van der Waals surface area contributed by atoms with Crippen LogP contribution in [0, 0.1) is 6.92 Å². The van der Waals surface area contributed by atoms with Crippen molar-refractivity contribution >= 4 is 28.9 Å². The largest absolute Gasteiger partial charge is 0.356 e. The number of rotatable bonds is 7. The molecule has 134 valence electrons. The lowest BCUT2D eigenvalue weighted by Crippen LogP contribution is -2.39. The van der Waals surface area contributed by atoms with Gasteiger partial charge in [0.15, 0.2) is 5.96 Å². The molecule has 3 N–H and O–H groups in total. The first-order valence-corrected chi connectivity index (χ1v) is 9.11. The van der Waals surface area contributed by atoms with Gasteiger partial charge in [-0.05, 0) is 31.0 Å². The van der Waals surface area contributed by atoms with E-state index in [1.54, 1.807) is 18.4 Å². The van der Waals surface area contributed by atoms with Crippen LogP contribution in [0.5, 0.6) is 0 Å². The molecule has 25 heavy (non-hydrogen) atoms. The number of nitrogens with one attached hydrogen (secondary N) is 3. The minimum atomic E-state index is -0.0581. The summed E-state index contributed by atoms with van der Waals surface area (Å²) in [4.78, 5) is 20.8. The number of carbonyl (C=O) groups excluding carboxylic acids is 1. The Morgan fingerprint density at radius 2 is 1.84 bits per heavy atom. The van der Waals surface area contributed by atoms with E-state index in [9.17, 15) is 4.79 Å². The number of benzene rings is 1. The second-order valence-corrected chi connectivity index (χ2v) is 6.99. The molecule has 2 rings (SSSR count). The number of aryl methyl sites for hydroxylation is 1. The van der Waals surface area contributed by atoms with Gasteiger partial charge in [0, 0.05) is 50.2 Å². The molecule has 0 unspecified atom stereocenters. The van der Waals surface area contributed by atoms with Crippen molar-refractivity contribution in [2.75, 3.05) is 25.5 Å². The van der Waals surface area contributed by atoms with Gasteiger partial charge in [-0.15, -0.1) is 11.3 Å². The molecule has 0 spiro atoms. The van der Waals surface area contributed by atoms with Crippen molar-refractivity contribution in [3.05, 3.63) is 45.9 Å². The van der Waals surface area contributed by atoms with E-state index in [-0.39, 0.29) is 5.91 Å². The number of anilines is 1. The summed E-state index contributed by atoms with van der Waals surface area (Å²) in [6, 6.07) is 7.88. The Hall–Kier alpha value is -2.41. The van der Waals surface area contributed by atoms with Crippen LogP contribution in [0.25, 0.3) is 0 Å². The number of carbonyl (C=O) groups is 1. The molecule has 2 aromatic rings. The van der Waals surface area contributed by atoms with Gasteiger partial charge in [0.25, 0.3) is 0 Å². The van der Waals surface area contributed by atoms with Gasteiger partial charge in [0.05, 0.1) is 5.01 Å². The fourth-order valence-electron chi connectivity index (χ4n) is 2.31. The lowest BCUT2D eigenvalue weighted by molar-refractivity contribution is -0.114. The molecular weight excluding hydrogens is 334 g/mol. The van der Waals surface area contributed by atoms with Crippen molar-refractivity contribution < 1.29 is 4.79 Å². The number of aliphatic imine (C=N–C) groups is 1. The minimum Gasteiger partial charge on any atom is -0.356 e. The maximum atomic E-state index is 11.0. The molecule has 1 amide bonds. The third-order valence-corrected chi connectivity index (χ3v) is 4.48. The van der Waals surface area contributed by atoms with E-state index < -0.39 is 0 Å². The molecule has 0 radical (unpaired) electrons. The fraction of sp³-hybridized carbons (Fsp3) is 0.389. The van der Waals surface area contributed by atoms with Crippen LogP contribution in [-0.4, -0.2) is 37.0 Å². The van der Waals surface area contributed by atoms with Gasteiger partial charge in [-0.1, -0.05) is 12.1 Å². The third kappa shape index (κ3) is 6.93. The Morgan fingerprint density at radius 1 is 1.16 bits per heavy atom. The number of guanidine groups is 1. The van der Waals surface area contributed by atoms with Crippen LogP contribution in [0.15, 0.2) is 35.5 Å². The summed E-state index contributed by atoms with van der Waals surface area (Å²) in [7, 11) is 1.77. The molecule has 0 atom stereocenters. The van der Waals surface area contributed by atoms with Gasteiger partial charge in [-0.25, -0.2) is 4.98 Å². The van der Waals surface area contributed by atoms with Crippen LogP contribution >= 0.6 is 11.3 Å². The van der Waals surface area contributed by atoms with Crippen molar-refractivity contribution in [1.29, 1.82) is 0 Å². The molecule has 1 aromatic heterocycles. The average molecular weight is 359 g/mol. The molecule has 7 heteroatoms. The highest BCUT2D eigenvalue weighted by Gasteiger charge is 2.01. The topological polar surface area (TPSA) is 78.4 Å². The average Bonchev–Trinajstić information content (AvgIpc) is 3.00. The molecule has 0 aliphatic rings. The van der Waals surface area contributed by atoms with E-state index in [1.807, 2.05) is 30.5 Å². The molecule has 0 aliphatic heterocycles. The summed E-state index contributed by atoms with van der Waals surface area (Å²) in [6.45, 7) is 5.16. The molecular formula is C18H25N5OS. The number of amides is 1. The molecule has 0 bridgehead atoms. The lowest BCUT2D eigenvalue weighted by Gasteiger charge is -2.11. The summed E-state index contributed by atoms with van der Waals surface area (Å²) >= 11 is 1.73. The quantitative estimate of drug-likeness (QED) is 0.524. The SMILES string of the molecule is CN=C(NCCc1ccc(NC(C)=O)cc1)NCCc1ncc(C)s1. The first-order valence-electron chi connectivity index (χ1n) is 8.29. The molecule has 0 saturated carbocycles. The smallest absolute Gasteiger partial charge is 0.221 e.